The van der Waals surface area contributed by atoms with Crippen molar-refractivity contribution in [2.75, 3.05) is 12.3 Å². The average molecular weight is 337 g/mol. The maximum Gasteiger partial charge on any atom is 0.339 e. The summed E-state index contributed by atoms with van der Waals surface area (Å²) >= 11 is 3.34. The van der Waals surface area contributed by atoms with E-state index in [1.54, 1.807) is 37.3 Å². The quantitative estimate of drug-likeness (QED) is 0.684. The normalized spacial score (nSPS) is 10.1. The highest BCUT2D eigenvalue weighted by Gasteiger charge is 2.09. The van der Waals surface area contributed by atoms with Gasteiger partial charge in [-0.3, -0.25) is 0 Å². The van der Waals surface area contributed by atoms with E-state index in [0.717, 1.165) is 0 Å². The Bertz CT molecular complexity index is 614. The van der Waals surface area contributed by atoms with E-state index in [0.29, 0.717) is 34.0 Å². The number of benzene rings is 1. The fourth-order valence-electron chi connectivity index (χ4n) is 1.50. The summed E-state index contributed by atoms with van der Waals surface area (Å²) in [5, 5.41) is 0. The Kier molecular flexibility index (Phi) is 4.57. The minimum atomic E-state index is -0.406. The average Bonchev–Trinajstić information content (AvgIpc) is 2.45. The number of rotatable bonds is 4. The first kappa shape index (κ1) is 14.3. The van der Waals surface area contributed by atoms with Gasteiger partial charge in [-0.25, -0.2) is 9.78 Å². The van der Waals surface area contributed by atoms with Gasteiger partial charge in [-0.05, 0) is 41.1 Å². The van der Waals surface area contributed by atoms with Crippen molar-refractivity contribution in [3.05, 3.63) is 46.6 Å². The summed E-state index contributed by atoms with van der Waals surface area (Å²) in [7, 11) is 0. The number of pyridine rings is 1. The van der Waals surface area contributed by atoms with E-state index in [1.807, 2.05) is 0 Å². The zero-order valence-electron chi connectivity index (χ0n) is 10.8. The van der Waals surface area contributed by atoms with Crippen LogP contribution in [0.1, 0.15) is 17.3 Å². The van der Waals surface area contributed by atoms with Gasteiger partial charge >= 0.3 is 5.97 Å². The zero-order valence-corrected chi connectivity index (χ0v) is 12.4. The van der Waals surface area contributed by atoms with E-state index in [-0.39, 0.29) is 0 Å². The summed E-state index contributed by atoms with van der Waals surface area (Å²) in [5.74, 6) is 0.516. The molecule has 2 N–H and O–H groups in total. The number of carbonyl (C=O) groups is 1. The number of ether oxygens (including phenoxy) is 2. The highest BCUT2D eigenvalue weighted by atomic mass is 79.9. The molecule has 0 bridgehead atoms. The second-order valence-corrected chi connectivity index (χ2v) is 4.66. The molecule has 1 heterocycles. The van der Waals surface area contributed by atoms with E-state index in [1.165, 1.54) is 6.20 Å². The second-order valence-electron chi connectivity index (χ2n) is 3.87. The molecule has 0 amide bonds. The van der Waals surface area contributed by atoms with Gasteiger partial charge in [0.1, 0.15) is 5.75 Å². The molecule has 104 valence electrons. The SMILES string of the molecule is CCOC(=O)c1ccc(Oc2cccc(N)c2Br)nc1. The van der Waals surface area contributed by atoms with Gasteiger partial charge in [-0.1, -0.05) is 6.07 Å². The molecule has 0 saturated heterocycles. The van der Waals surface area contributed by atoms with E-state index < -0.39 is 5.97 Å². The van der Waals surface area contributed by atoms with Gasteiger partial charge in [0, 0.05) is 18.0 Å². The van der Waals surface area contributed by atoms with Crippen molar-refractivity contribution in [3.8, 4) is 11.6 Å². The molecule has 0 aliphatic rings. The number of esters is 1. The van der Waals surface area contributed by atoms with Crippen molar-refractivity contribution < 1.29 is 14.3 Å². The third kappa shape index (κ3) is 3.27. The molecule has 0 unspecified atom stereocenters. The second kappa shape index (κ2) is 6.38. The van der Waals surface area contributed by atoms with Crippen LogP contribution in [-0.2, 0) is 4.74 Å². The van der Waals surface area contributed by atoms with Crippen molar-refractivity contribution in [1.82, 2.24) is 4.98 Å². The van der Waals surface area contributed by atoms with Crippen LogP contribution >= 0.6 is 15.9 Å². The minimum absolute atomic E-state index is 0.327. The summed E-state index contributed by atoms with van der Waals surface area (Å²) in [6.07, 6.45) is 1.41. The molecule has 0 saturated carbocycles. The molecule has 0 atom stereocenters. The minimum Gasteiger partial charge on any atom is -0.462 e. The molecule has 0 spiro atoms. The molecule has 20 heavy (non-hydrogen) atoms. The van der Waals surface area contributed by atoms with E-state index in [2.05, 4.69) is 20.9 Å². The predicted octanol–water partition coefficient (Wildman–Crippen LogP) is 3.40. The molecule has 0 aliphatic carbocycles. The standard InChI is InChI=1S/C14H13BrN2O3/c1-2-19-14(18)9-6-7-12(17-8-9)20-11-5-3-4-10(16)13(11)15/h3-8H,2,16H2,1H3. The fraction of sp³-hybridized carbons (Fsp3) is 0.143. The lowest BCUT2D eigenvalue weighted by molar-refractivity contribution is 0.0526. The summed E-state index contributed by atoms with van der Waals surface area (Å²) in [6.45, 7) is 2.08. The van der Waals surface area contributed by atoms with E-state index in [4.69, 9.17) is 15.2 Å². The molecular formula is C14H13BrN2O3. The number of carbonyl (C=O) groups excluding carboxylic acids is 1. The van der Waals surface area contributed by atoms with Crippen molar-refractivity contribution in [2.45, 2.75) is 6.92 Å². The first-order valence-electron chi connectivity index (χ1n) is 5.97. The van der Waals surface area contributed by atoms with Crippen molar-refractivity contribution in [1.29, 1.82) is 0 Å². The van der Waals surface area contributed by atoms with Gasteiger partial charge in [-0.15, -0.1) is 0 Å². The largest absolute Gasteiger partial charge is 0.462 e. The molecular weight excluding hydrogens is 324 g/mol. The van der Waals surface area contributed by atoms with Gasteiger partial charge in [0.2, 0.25) is 5.88 Å². The molecule has 0 radical (unpaired) electrons. The Morgan fingerprint density at radius 1 is 1.35 bits per heavy atom. The van der Waals surface area contributed by atoms with Crippen LogP contribution in [0.2, 0.25) is 0 Å². The topological polar surface area (TPSA) is 74.4 Å². The highest BCUT2D eigenvalue weighted by molar-refractivity contribution is 9.10. The maximum atomic E-state index is 11.5. The van der Waals surface area contributed by atoms with Crippen molar-refractivity contribution >= 4 is 27.6 Å². The number of halogens is 1. The number of aromatic nitrogens is 1. The summed E-state index contributed by atoms with van der Waals surface area (Å²) in [5.41, 5.74) is 6.72. The van der Waals surface area contributed by atoms with E-state index in [9.17, 15) is 4.79 Å². The van der Waals surface area contributed by atoms with Crippen LogP contribution in [0, 0.1) is 0 Å². The molecule has 2 rings (SSSR count). The summed E-state index contributed by atoms with van der Waals surface area (Å²) in [4.78, 5) is 15.5. The first-order valence-corrected chi connectivity index (χ1v) is 6.76. The lowest BCUT2D eigenvalue weighted by Crippen LogP contribution is -2.05. The number of hydrogen-bond acceptors (Lipinski definition) is 5. The van der Waals surface area contributed by atoms with Crippen LogP contribution in [0.15, 0.2) is 41.0 Å². The van der Waals surface area contributed by atoms with Crippen LogP contribution in [-0.4, -0.2) is 17.6 Å². The van der Waals surface area contributed by atoms with Gasteiger partial charge in [0.05, 0.1) is 16.6 Å². The Balaban J connectivity index is 2.15. The molecule has 0 aliphatic heterocycles. The Morgan fingerprint density at radius 3 is 2.80 bits per heavy atom. The number of nitrogens with two attached hydrogens (primary N) is 1. The number of nitrogen functional groups attached to an aromatic ring is 1. The molecule has 1 aromatic carbocycles. The van der Waals surface area contributed by atoms with Crippen LogP contribution < -0.4 is 10.5 Å². The lowest BCUT2D eigenvalue weighted by atomic mass is 10.3. The molecule has 6 heteroatoms. The van der Waals surface area contributed by atoms with Gasteiger partial charge in [0.25, 0.3) is 0 Å². The van der Waals surface area contributed by atoms with Crippen LogP contribution in [0.3, 0.4) is 0 Å². The third-order valence-corrected chi connectivity index (χ3v) is 3.30. The molecule has 0 fully saturated rings. The molecule has 2 aromatic rings. The summed E-state index contributed by atoms with van der Waals surface area (Å²) < 4.78 is 11.1. The van der Waals surface area contributed by atoms with Gasteiger partial charge in [0.15, 0.2) is 0 Å². The predicted molar refractivity (Wildman–Crippen MR) is 78.8 cm³/mol. The lowest BCUT2D eigenvalue weighted by Gasteiger charge is -2.08. The number of anilines is 1. The molecule has 5 nitrogen and oxygen atoms in total. The highest BCUT2D eigenvalue weighted by Crippen LogP contribution is 2.33. The van der Waals surface area contributed by atoms with E-state index >= 15 is 0 Å². The van der Waals surface area contributed by atoms with Crippen molar-refractivity contribution in [3.63, 3.8) is 0 Å². The van der Waals surface area contributed by atoms with Crippen molar-refractivity contribution in [2.24, 2.45) is 0 Å². The number of nitrogens with zero attached hydrogens (tertiary/aromatic N) is 1. The van der Waals surface area contributed by atoms with Crippen LogP contribution in [0.25, 0.3) is 0 Å². The summed E-state index contributed by atoms with van der Waals surface area (Å²) in [6, 6.07) is 8.50. The third-order valence-electron chi connectivity index (χ3n) is 2.46. The monoisotopic (exact) mass is 336 g/mol. The van der Waals surface area contributed by atoms with Crippen LogP contribution in [0.4, 0.5) is 5.69 Å². The van der Waals surface area contributed by atoms with Crippen LogP contribution in [0.5, 0.6) is 11.6 Å². The zero-order chi connectivity index (χ0) is 14.5. The Hall–Kier alpha value is -2.08. The molecule has 1 aromatic heterocycles. The Labute approximate surface area is 124 Å². The number of hydrogen-bond donors (Lipinski definition) is 1. The smallest absolute Gasteiger partial charge is 0.339 e. The Morgan fingerprint density at radius 2 is 2.15 bits per heavy atom. The van der Waals surface area contributed by atoms with Gasteiger partial charge < -0.3 is 15.2 Å². The fourth-order valence-corrected chi connectivity index (χ4v) is 1.84. The first-order chi connectivity index (χ1) is 9.61. The maximum absolute atomic E-state index is 11.5. The van der Waals surface area contributed by atoms with Gasteiger partial charge in [-0.2, -0.15) is 0 Å².